The zero-order valence-corrected chi connectivity index (χ0v) is 11.0. The second kappa shape index (κ2) is 5.77. The Hall–Kier alpha value is -1.69. The fourth-order valence-corrected chi connectivity index (χ4v) is 2.56. The van der Waals surface area contributed by atoms with Crippen molar-refractivity contribution >= 4 is 17.3 Å². The molecule has 0 unspecified atom stereocenters. The van der Waals surface area contributed by atoms with Gasteiger partial charge < -0.3 is 5.11 Å². The predicted molar refractivity (Wildman–Crippen MR) is 69.8 cm³/mol. The molecule has 0 aliphatic rings. The van der Waals surface area contributed by atoms with Gasteiger partial charge in [0, 0.05) is 6.54 Å². The zero-order chi connectivity index (χ0) is 13.0. The first-order chi connectivity index (χ1) is 8.74. The number of nitrogens with zero attached hydrogens (tertiary/aromatic N) is 3. The maximum atomic E-state index is 11.1. The standard InChI is InChI=1S/C12H15N3O2S/c1-2-3-4-7-15-11(9-6-5-8-18-9)10(12(16)17)13-14-15/h5-6,8H,2-4,7H2,1H3,(H,16,17). The Bertz CT molecular complexity index is 519. The summed E-state index contributed by atoms with van der Waals surface area (Å²) < 4.78 is 1.70. The number of carboxylic acids is 1. The Balaban J connectivity index is 2.32. The summed E-state index contributed by atoms with van der Waals surface area (Å²) in [6.07, 6.45) is 3.21. The highest BCUT2D eigenvalue weighted by molar-refractivity contribution is 7.13. The van der Waals surface area contributed by atoms with Crippen LogP contribution < -0.4 is 0 Å². The first kappa shape index (κ1) is 12.8. The van der Waals surface area contributed by atoms with Gasteiger partial charge in [0.25, 0.3) is 0 Å². The molecule has 1 N–H and O–H groups in total. The minimum atomic E-state index is -1.03. The van der Waals surface area contributed by atoms with Crippen molar-refractivity contribution in [2.75, 3.05) is 0 Å². The van der Waals surface area contributed by atoms with E-state index in [0.717, 1.165) is 24.1 Å². The second-order valence-electron chi connectivity index (χ2n) is 4.00. The van der Waals surface area contributed by atoms with Gasteiger partial charge >= 0.3 is 5.97 Å². The van der Waals surface area contributed by atoms with E-state index < -0.39 is 5.97 Å². The molecular weight excluding hydrogens is 250 g/mol. The van der Waals surface area contributed by atoms with Crippen LogP contribution in [0.1, 0.15) is 36.7 Å². The minimum absolute atomic E-state index is 0.0361. The molecule has 18 heavy (non-hydrogen) atoms. The first-order valence-corrected chi connectivity index (χ1v) is 6.82. The summed E-state index contributed by atoms with van der Waals surface area (Å²) >= 11 is 1.50. The van der Waals surface area contributed by atoms with Gasteiger partial charge in [-0.25, -0.2) is 9.48 Å². The quantitative estimate of drug-likeness (QED) is 0.815. The van der Waals surface area contributed by atoms with Crippen LogP contribution in [0.25, 0.3) is 10.6 Å². The molecular formula is C12H15N3O2S. The van der Waals surface area contributed by atoms with E-state index in [9.17, 15) is 4.79 Å². The molecule has 0 radical (unpaired) electrons. The number of aryl methyl sites for hydroxylation is 1. The van der Waals surface area contributed by atoms with E-state index in [1.807, 2.05) is 17.5 Å². The monoisotopic (exact) mass is 265 g/mol. The fraction of sp³-hybridized carbons (Fsp3) is 0.417. The van der Waals surface area contributed by atoms with Gasteiger partial charge in [-0.1, -0.05) is 31.0 Å². The lowest BCUT2D eigenvalue weighted by atomic mass is 10.2. The maximum absolute atomic E-state index is 11.1. The molecule has 0 aromatic carbocycles. The highest BCUT2D eigenvalue weighted by atomic mass is 32.1. The number of thiophene rings is 1. The molecule has 0 spiro atoms. The molecule has 2 rings (SSSR count). The van der Waals surface area contributed by atoms with E-state index in [4.69, 9.17) is 5.11 Å². The van der Waals surface area contributed by atoms with Gasteiger partial charge in [-0.15, -0.1) is 16.4 Å². The van der Waals surface area contributed by atoms with E-state index in [1.54, 1.807) is 4.68 Å². The van der Waals surface area contributed by atoms with Crippen molar-refractivity contribution in [1.82, 2.24) is 15.0 Å². The molecule has 96 valence electrons. The van der Waals surface area contributed by atoms with Crippen LogP contribution >= 0.6 is 11.3 Å². The molecule has 0 saturated heterocycles. The Morgan fingerprint density at radius 3 is 2.94 bits per heavy atom. The molecule has 2 aromatic rings. The normalized spacial score (nSPS) is 10.7. The molecule has 0 fully saturated rings. The predicted octanol–water partition coefficient (Wildman–Crippen LogP) is 2.90. The second-order valence-corrected chi connectivity index (χ2v) is 4.95. The van der Waals surface area contributed by atoms with Crippen LogP contribution in [-0.4, -0.2) is 26.1 Å². The Morgan fingerprint density at radius 1 is 1.50 bits per heavy atom. The van der Waals surface area contributed by atoms with Gasteiger partial charge in [-0.3, -0.25) is 0 Å². The molecule has 0 amide bonds. The summed E-state index contributed by atoms with van der Waals surface area (Å²) in [5, 5.41) is 18.8. The van der Waals surface area contributed by atoms with Crippen LogP contribution in [0.15, 0.2) is 17.5 Å². The molecule has 0 atom stereocenters. The van der Waals surface area contributed by atoms with Crippen LogP contribution in [0, 0.1) is 0 Å². The van der Waals surface area contributed by atoms with Crippen molar-refractivity contribution < 1.29 is 9.90 Å². The topological polar surface area (TPSA) is 68.0 Å². The zero-order valence-electron chi connectivity index (χ0n) is 10.2. The number of aromatic nitrogens is 3. The highest BCUT2D eigenvalue weighted by Gasteiger charge is 2.20. The highest BCUT2D eigenvalue weighted by Crippen LogP contribution is 2.27. The summed E-state index contributed by atoms with van der Waals surface area (Å²) in [4.78, 5) is 12.0. The van der Waals surface area contributed by atoms with Crippen molar-refractivity contribution in [1.29, 1.82) is 0 Å². The first-order valence-electron chi connectivity index (χ1n) is 5.94. The summed E-state index contributed by atoms with van der Waals surface area (Å²) in [5.41, 5.74) is 0.655. The Labute approximate surface area is 109 Å². The van der Waals surface area contributed by atoms with Crippen molar-refractivity contribution in [3.8, 4) is 10.6 Å². The summed E-state index contributed by atoms with van der Waals surface area (Å²) in [5.74, 6) is -1.03. The molecule has 0 saturated carbocycles. The van der Waals surface area contributed by atoms with Gasteiger partial charge in [-0.2, -0.15) is 0 Å². The number of carbonyl (C=O) groups is 1. The third-order valence-corrected chi connectivity index (χ3v) is 3.54. The Morgan fingerprint density at radius 2 is 2.33 bits per heavy atom. The minimum Gasteiger partial charge on any atom is -0.476 e. The smallest absolute Gasteiger partial charge is 0.358 e. The molecule has 5 nitrogen and oxygen atoms in total. The molecule has 6 heteroatoms. The number of carboxylic acid groups (broad SMARTS) is 1. The van der Waals surface area contributed by atoms with Gasteiger partial charge in [-0.05, 0) is 17.9 Å². The SMILES string of the molecule is CCCCCn1nnc(C(=O)O)c1-c1cccs1. The van der Waals surface area contributed by atoms with E-state index in [0.29, 0.717) is 12.2 Å². The summed E-state index contributed by atoms with van der Waals surface area (Å²) in [7, 11) is 0. The van der Waals surface area contributed by atoms with Crippen LogP contribution in [0.3, 0.4) is 0 Å². The number of hydrogen-bond acceptors (Lipinski definition) is 4. The number of aromatic carboxylic acids is 1. The van der Waals surface area contributed by atoms with E-state index in [1.165, 1.54) is 11.3 Å². The Kier molecular flexibility index (Phi) is 4.09. The molecule has 0 bridgehead atoms. The number of unbranched alkanes of at least 4 members (excludes halogenated alkanes) is 2. The number of rotatable bonds is 6. The average Bonchev–Trinajstić information content (AvgIpc) is 2.96. The molecule has 0 aliphatic heterocycles. The molecule has 0 aliphatic carbocycles. The average molecular weight is 265 g/mol. The third kappa shape index (κ3) is 2.59. The fourth-order valence-electron chi connectivity index (χ4n) is 1.78. The summed E-state index contributed by atoms with van der Waals surface area (Å²) in [6.45, 7) is 2.84. The number of hydrogen-bond donors (Lipinski definition) is 1. The van der Waals surface area contributed by atoms with Crippen molar-refractivity contribution in [3.63, 3.8) is 0 Å². The van der Waals surface area contributed by atoms with Crippen LogP contribution in [0.5, 0.6) is 0 Å². The van der Waals surface area contributed by atoms with Crippen LogP contribution in [0.2, 0.25) is 0 Å². The third-order valence-electron chi connectivity index (χ3n) is 2.67. The van der Waals surface area contributed by atoms with Crippen molar-refractivity contribution in [2.24, 2.45) is 0 Å². The van der Waals surface area contributed by atoms with Crippen LogP contribution in [0.4, 0.5) is 0 Å². The summed E-state index contributed by atoms with van der Waals surface area (Å²) in [6, 6.07) is 3.79. The van der Waals surface area contributed by atoms with Gasteiger partial charge in [0.05, 0.1) is 4.88 Å². The van der Waals surface area contributed by atoms with Crippen LogP contribution in [-0.2, 0) is 6.54 Å². The lowest BCUT2D eigenvalue weighted by molar-refractivity contribution is 0.0691. The van der Waals surface area contributed by atoms with E-state index in [-0.39, 0.29) is 5.69 Å². The lowest BCUT2D eigenvalue weighted by Crippen LogP contribution is -2.04. The van der Waals surface area contributed by atoms with E-state index in [2.05, 4.69) is 17.2 Å². The lowest BCUT2D eigenvalue weighted by Gasteiger charge is -2.04. The van der Waals surface area contributed by atoms with Gasteiger partial charge in [0.1, 0.15) is 5.69 Å². The van der Waals surface area contributed by atoms with Crippen molar-refractivity contribution in [2.45, 2.75) is 32.7 Å². The maximum Gasteiger partial charge on any atom is 0.358 e. The van der Waals surface area contributed by atoms with Gasteiger partial charge in [0.2, 0.25) is 0 Å². The van der Waals surface area contributed by atoms with Crippen molar-refractivity contribution in [3.05, 3.63) is 23.2 Å². The van der Waals surface area contributed by atoms with E-state index >= 15 is 0 Å². The molecule has 2 aromatic heterocycles. The largest absolute Gasteiger partial charge is 0.476 e. The molecule has 2 heterocycles. The van der Waals surface area contributed by atoms with Gasteiger partial charge in [0.15, 0.2) is 5.69 Å².